The third-order valence-electron chi connectivity index (χ3n) is 4.26. The van der Waals surface area contributed by atoms with E-state index in [1.165, 1.54) is 12.1 Å². The Morgan fingerprint density at radius 1 is 0.962 bits per heavy atom. The summed E-state index contributed by atoms with van der Waals surface area (Å²) in [6, 6.07) is 13.2. The Bertz CT molecular complexity index is 801. The molecule has 0 atom stereocenters. The average Bonchev–Trinajstić information content (AvgIpc) is 2.90. The highest BCUT2D eigenvalue weighted by Gasteiger charge is 2.23. The van der Waals surface area contributed by atoms with Crippen molar-refractivity contribution in [2.45, 2.75) is 6.42 Å². The van der Waals surface area contributed by atoms with Crippen molar-refractivity contribution in [3.8, 4) is 0 Å². The van der Waals surface area contributed by atoms with Crippen molar-refractivity contribution < 1.29 is 14.0 Å². The van der Waals surface area contributed by atoms with Gasteiger partial charge in [0.15, 0.2) is 0 Å². The molecule has 1 heterocycles. The number of anilines is 1. The van der Waals surface area contributed by atoms with Crippen LogP contribution in [0.1, 0.15) is 16.8 Å². The molecule has 3 rings (SSSR count). The molecule has 2 aromatic carbocycles. The molecule has 5 nitrogen and oxygen atoms in total. The Labute approximate surface area is 159 Å². The molecule has 0 aliphatic carbocycles. The zero-order chi connectivity index (χ0) is 18.5. The monoisotopic (exact) mass is 419 g/mol. The average molecular weight is 420 g/mol. The highest BCUT2D eigenvalue weighted by molar-refractivity contribution is 9.10. The van der Waals surface area contributed by atoms with Crippen molar-refractivity contribution in [1.29, 1.82) is 0 Å². The van der Waals surface area contributed by atoms with E-state index in [0.717, 1.165) is 0 Å². The molecule has 1 saturated heterocycles. The van der Waals surface area contributed by atoms with E-state index in [4.69, 9.17) is 0 Å². The van der Waals surface area contributed by atoms with Crippen molar-refractivity contribution in [3.63, 3.8) is 0 Å². The third-order valence-corrected chi connectivity index (χ3v) is 4.76. The maximum Gasteiger partial charge on any atom is 0.321 e. The number of hydrogen-bond donors (Lipinski definition) is 1. The van der Waals surface area contributed by atoms with E-state index in [9.17, 15) is 14.0 Å². The normalized spacial score (nSPS) is 14.7. The zero-order valence-electron chi connectivity index (χ0n) is 14.1. The number of nitrogens with zero attached hydrogens (tertiary/aromatic N) is 2. The van der Waals surface area contributed by atoms with Crippen LogP contribution in [0.4, 0.5) is 14.9 Å². The molecule has 1 aliphatic heterocycles. The summed E-state index contributed by atoms with van der Waals surface area (Å²) in [6.45, 7) is 1.96. The van der Waals surface area contributed by atoms with Gasteiger partial charge in [-0.1, -0.05) is 34.1 Å². The summed E-state index contributed by atoms with van der Waals surface area (Å²) in [5.41, 5.74) is 0.780. The number of carbonyl (C=O) groups excluding carboxylic acids is 2. The minimum Gasteiger partial charge on any atom is -0.337 e. The molecule has 0 bridgehead atoms. The maximum atomic E-state index is 13.9. The van der Waals surface area contributed by atoms with Gasteiger partial charge in [0.05, 0.1) is 5.69 Å². The molecule has 0 radical (unpaired) electrons. The lowest BCUT2D eigenvalue weighted by molar-refractivity contribution is 0.0762. The van der Waals surface area contributed by atoms with Gasteiger partial charge in [-0.2, -0.15) is 0 Å². The smallest absolute Gasteiger partial charge is 0.321 e. The van der Waals surface area contributed by atoms with Gasteiger partial charge in [0.25, 0.3) is 5.91 Å². The molecule has 26 heavy (non-hydrogen) atoms. The lowest BCUT2D eigenvalue weighted by Gasteiger charge is -2.22. The quantitative estimate of drug-likeness (QED) is 0.800. The van der Waals surface area contributed by atoms with E-state index >= 15 is 0 Å². The van der Waals surface area contributed by atoms with Gasteiger partial charge in [-0.3, -0.25) is 4.79 Å². The van der Waals surface area contributed by atoms with Crippen molar-refractivity contribution in [2.24, 2.45) is 0 Å². The fraction of sp³-hybridized carbons (Fsp3) is 0.263. The van der Waals surface area contributed by atoms with Gasteiger partial charge in [-0.05, 0) is 36.8 Å². The molecule has 0 aromatic heterocycles. The summed E-state index contributed by atoms with van der Waals surface area (Å²) in [7, 11) is 0. The van der Waals surface area contributed by atoms with Gasteiger partial charge in [0.1, 0.15) is 5.82 Å². The Kier molecular flexibility index (Phi) is 5.88. The van der Waals surface area contributed by atoms with E-state index < -0.39 is 5.82 Å². The number of amides is 3. The van der Waals surface area contributed by atoms with Crippen LogP contribution in [-0.2, 0) is 0 Å². The molecule has 136 valence electrons. The Hall–Kier alpha value is -2.41. The van der Waals surface area contributed by atoms with Gasteiger partial charge in [0, 0.05) is 36.2 Å². The second kappa shape index (κ2) is 8.31. The van der Waals surface area contributed by atoms with E-state index in [1.807, 2.05) is 18.2 Å². The van der Waals surface area contributed by atoms with Crippen LogP contribution in [0.15, 0.2) is 53.0 Å². The van der Waals surface area contributed by atoms with E-state index in [2.05, 4.69) is 21.2 Å². The molecule has 1 N–H and O–H groups in total. The minimum absolute atomic E-state index is 0.0354. The third kappa shape index (κ3) is 4.40. The highest BCUT2D eigenvalue weighted by atomic mass is 79.9. The van der Waals surface area contributed by atoms with Gasteiger partial charge in [-0.15, -0.1) is 0 Å². The van der Waals surface area contributed by atoms with Crippen LogP contribution in [0.3, 0.4) is 0 Å². The van der Waals surface area contributed by atoms with Crippen molar-refractivity contribution in [3.05, 3.63) is 64.4 Å². The number of halogens is 2. The lowest BCUT2D eigenvalue weighted by atomic mass is 10.2. The zero-order valence-corrected chi connectivity index (χ0v) is 15.7. The van der Waals surface area contributed by atoms with Gasteiger partial charge < -0.3 is 15.1 Å². The molecular weight excluding hydrogens is 401 g/mol. The van der Waals surface area contributed by atoms with Crippen molar-refractivity contribution >= 4 is 33.6 Å². The van der Waals surface area contributed by atoms with Crippen molar-refractivity contribution in [2.75, 3.05) is 31.5 Å². The number of rotatable bonds is 2. The summed E-state index contributed by atoms with van der Waals surface area (Å²) >= 11 is 3.19. The van der Waals surface area contributed by atoms with E-state index in [1.54, 1.807) is 28.0 Å². The molecule has 0 saturated carbocycles. The van der Waals surface area contributed by atoms with Crippen LogP contribution in [0.2, 0.25) is 0 Å². The van der Waals surface area contributed by atoms with Crippen LogP contribution < -0.4 is 5.32 Å². The standard InChI is InChI=1S/C19H19BrFN3O2/c20-15-7-8-17(16(21)13-15)22-19(26)24-10-4-9-23(11-12-24)18(25)14-5-2-1-3-6-14/h1-3,5-8,13H,4,9-12H2,(H,22,26). The number of urea groups is 1. The van der Waals surface area contributed by atoms with Crippen LogP contribution in [0.5, 0.6) is 0 Å². The van der Waals surface area contributed by atoms with Crippen molar-refractivity contribution in [1.82, 2.24) is 9.80 Å². The fourth-order valence-electron chi connectivity index (χ4n) is 2.87. The molecule has 0 spiro atoms. The molecule has 1 aliphatic rings. The maximum absolute atomic E-state index is 13.9. The second-order valence-electron chi connectivity index (χ2n) is 6.05. The Balaban J connectivity index is 1.61. The SMILES string of the molecule is O=C(Nc1ccc(Br)cc1F)N1CCCN(C(=O)c2ccccc2)CC1. The topological polar surface area (TPSA) is 52.7 Å². The first-order valence-corrected chi connectivity index (χ1v) is 9.19. The van der Waals surface area contributed by atoms with Crippen LogP contribution in [-0.4, -0.2) is 47.9 Å². The number of nitrogens with one attached hydrogen (secondary N) is 1. The second-order valence-corrected chi connectivity index (χ2v) is 6.97. The summed E-state index contributed by atoms with van der Waals surface area (Å²) in [5.74, 6) is -0.532. The first kappa shape index (κ1) is 18.4. The molecule has 7 heteroatoms. The van der Waals surface area contributed by atoms with E-state index in [-0.39, 0.29) is 17.6 Å². The summed E-state index contributed by atoms with van der Waals surface area (Å²) in [5, 5.41) is 2.60. The first-order chi connectivity index (χ1) is 12.5. The summed E-state index contributed by atoms with van der Waals surface area (Å²) < 4.78 is 14.5. The lowest BCUT2D eigenvalue weighted by Crippen LogP contribution is -2.39. The van der Waals surface area contributed by atoms with Gasteiger partial charge in [0.2, 0.25) is 0 Å². The molecule has 2 aromatic rings. The molecular formula is C19H19BrFN3O2. The first-order valence-electron chi connectivity index (χ1n) is 8.40. The van der Waals surface area contributed by atoms with Crippen LogP contribution >= 0.6 is 15.9 Å². The minimum atomic E-state index is -0.497. The number of carbonyl (C=O) groups is 2. The predicted molar refractivity (Wildman–Crippen MR) is 102 cm³/mol. The predicted octanol–water partition coefficient (Wildman–Crippen LogP) is 3.97. The summed E-state index contributed by atoms with van der Waals surface area (Å²) in [6.07, 6.45) is 0.675. The van der Waals surface area contributed by atoms with Gasteiger partial charge in [-0.25, -0.2) is 9.18 Å². The highest BCUT2D eigenvalue weighted by Crippen LogP contribution is 2.20. The van der Waals surface area contributed by atoms with Crippen LogP contribution in [0, 0.1) is 5.82 Å². The summed E-state index contributed by atoms with van der Waals surface area (Å²) in [4.78, 5) is 28.4. The van der Waals surface area contributed by atoms with E-state index in [0.29, 0.717) is 42.6 Å². The number of hydrogen-bond acceptors (Lipinski definition) is 2. The Morgan fingerprint density at radius 2 is 1.65 bits per heavy atom. The molecule has 0 unspecified atom stereocenters. The molecule has 1 fully saturated rings. The van der Waals surface area contributed by atoms with Crippen LogP contribution in [0.25, 0.3) is 0 Å². The molecule has 3 amide bonds. The number of benzene rings is 2. The largest absolute Gasteiger partial charge is 0.337 e. The van der Waals surface area contributed by atoms with Gasteiger partial charge >= 0.3 is 6.03 Å². The Morgan fingerprint density at radius 3 is 2.38 bits per heavy atom. The fourth-order valence-corrected chi connectivity index (χ4v) is 3.21.